The lowest BCUT2D eigenvalue weighted by molar-refractivity contribution is 1.73. The van der Waals surface area contributed by atoms with Gasteiger partial charge in [-0.1, -0.05) is 84.9 Å². The molecule has 0 aliphatic rings. The second-order valence-corrected chi connectivity index (χ2v) is 6.13. The van der Waals surface area contributed by atoms with Crippen LogP contribution in [0.5, 0.6) is 0 Å². The molecule has 5 rings (SSSR count). The lowest BCUT2D eigenvalue weighted by atomic mass is 9.99. The third-order valence-corrected chi connectivity index (χ3v) is 4.76. The van der Waals surface area contributed by atoms with E-state index in [2.05, 4.69) is 36.4 Å². The fraction of sp³-hybridized carbons (Fsp3) is 0. The van der Waals surface area contributed by atoms with Crippen molar-refractivity contribution in [3.8, 4) is 22.3 Å². The van der Waals surface area contributed by atoms with Crippen LogP contribution in [0.4, 0.5) is 0 Å². The number of benzene rings is 4. The van der Waals surface area contributed by atoms with Crippen LogP contribution in [-0.2, 0) is 0 Å². The van der Waals surface area contributed by atoms with Crippen molar-refractivity contribution >= 4 is 21.5 Å². The van der Waals surface area contributed by atoms with Gasteiger partial charge in [-0.3, -0.25) is 4.79 Å². The lowest BCUT2D eigenvalue weighted by Crippen LogP contribution is -1.81. The first-order valence-corrected chi connectivity index (χ1v) is 8.10. The van der Waals surface area contributed by atoms with Crippen molar-refractivity contribution in [1.82, 2.24) is 0 Å². The van der Waals surface area contributed by atoms with Crippen LogP contribution < -0.4 is 5.43 Å². The largest absolute Gasteiger partial charge is 0.289 e. The molecule has 0 aliphatic heterocycles. The maximum Gasteiger partial charge on any atom is 0.195 e. The van der Waals surface area contributed by atoms with E-state index in [1.54, 1.807) is 0 Å². The van der Waals surface area contributed by atoms with Gasteiger partial charge in [0.1, 0.15) is 0 Å². The van der Waals surface area contributed by atoms with E-state index in [-0.39, 0.29) is 5.43 Å². The summed E-state index contributed by atoms with van der Waals surface area (Å²) < 4.78 is 0. The Morgan fingerprint density at radius 2 is 0.875 bits per heavy atom. The van der Waals surface area contributed by atoms with E-state index in [0.29, 0.717) is 0 Å². The van der Waals surface area contributed by atoms with Gasteiger partial charge in [0.25, 0.3) is 0 Å². The van der Waals surface area contributed by atoms with Gasteiger partial charge in [0, 0.05) is 11.1 Å². The van der Waals surface area contributed by atoms with Gasteiger partial charge in [0.2, 0.25) is 0 Å². The molecule has 0 aromatic heterocycles. The highest BCUT2D eigenvalue weighted by molar-refractivity contribution is 6.10. The Hall–Kier alpha value is -3.19. The zero-order valence-corrected chi connectivity index (χ0v) is 13.0. The van der Waals surface area contributed by atoms with Crippen LogP contribution in [0.1, 0.15) is 0 Å². The minimum Gasteiger partial charge on any atom is -0.289 e. The second-order valence-electron chi connectivity index (χ2n) is 6.13. The highest BCUT2D eigenvalue weighted by Gasteiger charge is 2.27. The summed E-state index contributed by atoms with van der Waals surface area (Å²) in [6.45, 7) is 0. The molecule has 0 radical (unpaired) electrons. The second kappa shape index (κ2) is 4.90. The van der Waals surface area contributed by atoms with Crippen LogP contribution in [-0.4, -0.2) is 0 Å². The minimum atomic E-state index is 0.169. The highest BCUT2D eigenvalue weighted by Crippen LogP contribution is 2.40. The van der Waals surface area contributed by atoms with Crippen LogP contribution in [0.2, 0.25) is 0 Å². The third kappa shape index (κ3) is 1.85. The fourth-order valence-corrected chi connectivity index (χ4v) is 3.57. The molecule has 1 heteroatoms. The quantitative estimate of drug-likeness (QED) is 0.417. The zero-order valence-electron chi connectivity index (χ0n) is 13.0. The summed E-state index contributed by atoms with van der Waals surface area (Å²) in [5.74, 6) is 0. The molecule has 0 unspecified atom stereocenters. The topological polar surface area (TPSA) is 17.1 Å². The van der Waals surface area contributed by atoms with E-state index >= 15 is 0 Å². The van der Waals surface area contributed by atoms with Crippen LogP contribution in [0.15, 0.2) is 89.7 Å². The first kappa shape index (κ1) is 13.3. The van der Waals surface area contributed by atoms with Gasteiger partial charge in [0.05, 0.1) is 0 Å². The molecule has 24 heavy (non-hydrogen) atoms. The molecule has 0 fully saturated rings. The molecule has 1 nitrogen and oxygen atoms in total. The molecule has 0 heterocycles. The van der Waals surface area contributed by atoms with E-state index in [4.69, 9.17) is 0 Å². The van der Waals surface area contributed by atoms with Gasteiger partial charge in [-0.15, -0.1) is 0 Å². The molecular weight excluding hydrogens is 292 g/mol. The van der Waals surface area contributed by atoms with Gasteiger partial charge in [0.15, 0.2) is 5.43 Å². The van der Waals surface area contributed by atoms with Crippen molar-refractivity contribution in [2.45, 2.75) is 0 Å². The summed E-state index contributed by atoms with van der Waals surface area (Å²) in [6.07, 6.45) is 0. The molecular formula is C23H14O. The van der Waals surface area contributed by atoms with Crippen molar-refractivity contribution in [3.05, 3.63) is 95.2 Å². The van der Waals surface area contributed by atoms with E-state index in [1.807, 2.05) is 48.5 Å². The summed E-state index contributed by atoms with van der Waals surface area (Å²) in [5.41, 5.74) is 3.98. The SMILES string of the molecule is O=c1c(-c2cccc3ccccc23)c1-c1cccc2ccccc12. The molecule has 0 atom stereocenters. The summed E-state index contributed by atoms with van der Waals surface area (Å²) >= 11 is 0. The highest BCUT2D eigenvalue weighted by atomic mass is 16.1. The van der Waals surface area contributed by atoms with Gasteiger partial charge in [-0.25, -0.2) is 0 Å². The number of hydrogen-bond acceptors (Lipinski definition) is 1. The Morgan fingerprint density at radius 1 is 0.458 bits per heavy atom. The Balaban J connectivity index is 1.76. The van der Waals surface area contributed by atoms with Crippen molar-refractivity contribution in [2.75, 3.05) is 0 Å². The molecule has 0 saturated heterocycles. The van der Waals surface area contributed by atoms with Crippen LogP contribution in [0.25, 0.3) is 43.8 Å². The molecule has 0 saturated carbocycles. The number of hydrogen-bond donors (Lipinski definition) is 0. The maximum absolute atomic E-state index is 12.6. The summed E-state index contributed by atoms with van der Waals surface area (Å²) in [6, 6.07) is 28.8. The van der Waals surface area contributed by atoms with E-state index in [1.165, 1.54) is 10.8 Å². The van der Waals surface area contributed by atoms with Crippen molar-refractivity contribution in [2.24, 2.45) is 0 Å². The number of fused-ring (bicyclic) bond motifs is 2. The molecule has 0 N–H and O–H groups in total. The molecule has 112 valence electrons. The van der Waals surface area contributed by atoms with E-state index in [9.17, 15) is 4.79 Å². The van der Waals surface area contributed by atoms with E-state index < -0.39 is 0 Å². The van der Waals surface area contributed by atoms with Gasteiger partial charge in [-0.2, -0.15) is 0 Å². The molecule has 5 aromatic rings. The van der Waals surface area contributed by atoms with Gasteiger partial charge < -0.3 is 0 Å². The van der Waals surface area contributed by atoms with E-state index in [0.717, 1.165) is 33.0 Å². The molecule has 0 aliphatic carbocycles. The first-order valence-electron chi connectivity index (χ1n) is 8.10. The van der Waals surface area contributed by atoms with Crippen LogP contribution in [0.3, 0.4) is 0 Å². The summed E-state index contributed by atoms with van der Waals surface area (Å²) in [7, 11) is 0. The lowest BCUT2D eigenvalue weighted by Gasteiger charge is -2.03. The predicted octanol–water partition coefficient (Wildman–Crippen LogP) is 5.56. The Bertz CT molecular complexity index is 1110. The summed E-state index contributed by atoms with van der Waals surface area (Å²) in [5, 5.41) is 4.61. The monoisotopic (exact) mass is 306 g/mol. The third-order valence-electron chi connectivity index (χ3n) is 4.76. The molecule has 0 amide bonds. The molecule has 0 bridgehead atoms. The van der Waals surface area contributed by atoms with Crippen molar-refractivity contribution < 1.29 is 0 Å². The normalized spacial score (nSPS) is 11.5. The zero-order chi connectivity index (χ0) is 16.1. The summed E-state index contributed by atoms with van der Waals surface area (Å²) in [4.78, 5) is 12.6. The molecule has 0 spiro atoms. The smallest absolute Gasteiger partial charge is 0.195 e. The Kier molecular flexibility index (Phi) is 2.71. The van der Waals surface area contributed by atoms with Crippen LogP contribution in [0, 0.1) is 0 Å². The Morgan fingerprint density at radius 3 is 1.38 bits per heavy atom. The van der Waals surface area contributed by atoms with Gasteiger partial charge in [-0.05, 0) is 32.7 Å². The maximum atomic E-state index is 12.6. The first-order chi connectivity index (χ1) is 11.8. The van der Waals surface area contributed by atoms with Crippen molar-refractivity contribution in [3.63, 3.8) is 0 Å². The number of rotatable bonds is 2. The average molecular weight is 306 g/mol. The fourth-order valence-electron chi connectivity index (χ4n) is 3.57. The predicted molar refractivity (Wildman–Crippen MR) is 101 cm³/mol. The standard InChI is InChI=1S/C23H14O/c24-23-21(19-13-5-9-15-7-1-3-11-17(15)19)22(23)20-14-6-10-16-8-2-4-12-18(16)20/h1-14H. The van der Waals surface area contributed by atoms with Gasteiger partial charge >= 0.3 is 0 Å². The molecule has 5 aromatic carbocycles. The Labute approximate surface area is 139 Å². The average Bonchev–Trinajstić information content (AvgIpc) is 3.31. The van der Waals surface area contributed by atoms with Crippen LogP contribution >= 0.6 is 0 Å². The van der Waals surface area contributed by atoms with Crippen molar-refractivity contribution in [1.29, 1.82) is 0 Å². The minimum absolute atomic E-state index is 0.169.